The van der Waals surface area contributed by atoms with Gasteiger partial charge < -0.3 is 10.2 Å². The fourth-order valence-electron chi connectivity index (χ4n) is 2.67. The van der Waals surface area contributed by atoms with Gasteiger partial charge in [-0.25, -0.2) is 9.97 Å². The first-order valence-electron chi connectivity index (χ1n) is 6.34. The van der Waals surface area contributed by atoms with Crippen LogP contribution in [0, 0.1) is 5.41 Å². The number of piperidine rings is 1. The monoisotopic (exact) mass is 308 g/mol. The molecule has 8 heteroatoms. The van der Waals surface area contributed by atoms with Gasteiger partial charge >= 0.3 is 6.18 Å². The van der Waals surface area contributed by atoms with Crippen LogP contribution in [0.25, 0.3) is 0 Å². The van der Waals surface area contributed by atoms with Crippen LogP contribution in [0.15, 0.2) is 12.4 Å². The van der Waals surface area contributed by atoms with E-state index in [0.717, 1.165) is 45.2 Å². The van der Waals surface area contributed by atoms with Gasteiger partial charge in [0.1, 0.15) is 5.82 Å². The number of hydrogen-bond donors (Lipinski definition) is 1. The summed E-state index contributed by atoms with van der Waals surface area (Å²) in [6, 6.07) is 0. The van der Waals surface area contributed by atoms with Crippen molar-refractivity contribution in [1.82, 2.24) is 15.3 Å². The van der Waals surface area contributed by atoms with Crippen LogP contribution in [0.4, 0.5) is 19.0 Å². The van der Waals surface area contributed by atoms with Gasteiger partial charge in [0.25, 0.3) is 0 Å². The van der Waals surface area contributed by atoms with Crippen LogP contribution in [-0.4, -0.2) is 36.1 Å². The predicted octanol–water partition coefficient (Wildman–Crippen LogP) is 2.11. The maximum atomic E-state index is 12.4. The molecule has 2 aliphatic heterocycles. The second-order valence-corrected chi connectivity index (χ2v) is 5.35. The van der Waals surface area contributed by atoms with E-state index >= 15 is 0 Å². The molecule has 112 valence electrons. The molecular weight excluding hydrogens is 293 g/mol. The zero-order chi connectivity index (χ0) is 13.5. The van der Waals surface area contributed by atoms with Gasteiger partial charge in [-0.3, -0.25) is 0 Å². The number of nitrogens with one attached hydrogen (secondary N) is 1. The van der Waals surface area contributed by atoms with Crippen LogP contribution >= 0.6 is 12.4 Å². The average Bonchev–Trinajstić information content (AvgIpc) is 2.36. The first kappa shape index (κ1) is 15.3. The van der Waals surface area contributed by atoms with Crippen molar-refractivity contribution in [3.05, 3.63) is 18.1 Å². The second kappa shape index (κ2) is 5.37. The molecule has 0 aliphatic carbocycles. The first-order valence-corrected chi connectivity index (χ1v) is 6.34. The van der Waals surface area contributed by atoms with E-state index < -0.39 is 11.9 Å². The van der Waals surface area contributed by atoms with E-state index in [1.807, 2.05) is 4.90 Å². The fraction of sp³-hybridized carbons (Fsp3) is 0.667. The summed E-state index contributed by atoms with van der Waals surface area (Å²) in [4.78, 5) is 9.35. The standard InChI is InChI=1S/C12H15F3N4.ClH/c13-12(14,15)9-5-18-10(6-17-9)19-3-1-11(2-4-19)7-16-8-11;/h5-6,16H,1-4,7-8H2;1H. The number of anilines is 1. The lowest BCUT2D eigenvalue weighted by Gasteiger charge is -2.48. The molecule has 3 rings (SSSR count). The van der Waals surface area contributed by atoms with E-state index in [-0.39, 0.29) is 12.4 Å². The summed E-state index contributed by atoms with van der Waals surface area (Å²) in [6.45, 7) is 3.78. The zero-order valence-electron chi connectivity index (χ0n) is 10.8. The lowest BCUT2D eigenvalue weighted by Crippen LogP contribution is -2.58. The molecule has 2 saturated heterocycles. The Balaban J connectivity index is 0.00000147. The van der Waals surface area contributed by atoms with Gasteiger partial charge in [0.15, 0.2) is 5.69 Å². The molecule has 1 aromatic heterocycles. The third kappa shape index (κ3) is 2.83. The molecule has 20 heavy (non-hydrogen) atoms. The molecule has 4 nitrogen and oxygen atoms in total. The predicted molar refractivity (Wildman–Crippen MR) is 71.0 cm³/mol. The molecule has 0 radical (unpaired) electrons. The van der Waals surface area contributed by atoms with Gasteiger partial charge in [0, 0.05) is 26.2 Å². The van der Waals surface area contributed by atoms with Crippen molar-refractivity contribution < 1.29 is 13.2 Å². The quantitative estimate of drug-likeness (QED) is 0.863. The van der Waals surface area contributed by atoms with Crippen LogP contribution in [0.3, 0.4) is 0 Å². The molecule has 0 aromatic carbocycles. The van der Waals surface area contributed by atoms with E-state index in [1.165, 1.54) is 6.20 Å². The number of hydrogen-bond acceptors (Lipinski definition) is 4. The third-order valence-corrected chi connectivity index (χ3v) is 4.08. The highest BCUT2D eigenvalue weighted by molar-refractivity contribution is 5.85. The maximum Gasteiger partial charge on any atom is 0.434 e. The highest BCUT2D eigenvalue weighted by atomic mass is 35.5. The van der Waals surface area contributed by atoms with Crippen molar-refractivity contribution in [3.8, 4) is 0 Å². The second-order valence-electron chi connectivity index (χ2n) is 5.35. The number of nitrogens with zero attached hydrogens (tertiary/aromatic N) is 3. The van der Waals surface area contributed by atoms with Gasteiger partial charge in [-0.2, -0.15) is 13.2 Å². The van der Waals surface area contributed by atoms with E-state index in [2.05, 4.69) is 15.3 Å². The largest absolute Gasteiger partial charge is 0.434 e. The lowest BCUT2D eigenvalue weighted by atomic mass is 9.73. The Kier molecular flexibility index (Phi) is 4.11. The minimum Gasteiger partial charge on any atom is -0.355 e. The van der Waals surface area contributed by atoms with Crippen LogP contribution in [0.5, 0.6) is 0 Å². The molecular formula is C12H16ClF3N4. The van der Waals surface area contributed by atoms with Crippen LogP contribution < -0.4 is 10.2 Å². The Morgan fingerprint density at radius 1 is 1.10 bits per heavy atom. The lowest BCUT2D eigenvalue weighted by molar-refractivity contribution is -0.141. The van der Waals surface area contributed by atoms with Crippen molar-refractivity contribution in [2.75, 3.05) is 31.1 Å². The van der Waals surface area contributed by atoms with Gasteiger partial charge in [0.05, 0.1) is 12.4 Å². The molecule has 2 aliphatic rings. The summed E-state index contributed by atoms with van der Waals surface area (Å²) in [5.74, 6) is 0.537. The number of rotatable bonds is 1. The Morgan fingerprint density at radius 3 is 2.15 bits per heavy atom. The Morgan fingerprint density at radius 2 is 1.75 bits per heavy atom. The topological polar surface area (TPSA) is 41.1 Å². The fourth-order valence-corrected chi connectivity index (χ4v) is 2.67. The van der Waals surface area contributed by atoms with Gasteiger partial charge in [-0.15, -0.1) is 12.4 Å². The zero-order valence-corrected chi connectivity index (χ0v) is 11.6. The molecule has 0 bridgehead atoms. The average molecular weight is 309 g/mol. The smallest absolute Gasteiger partial charge is 0.355 e. The number of aromatic nitrogens is 2. The molecule has 2 fully saturated rings. The normalized spacial score (nSPS) is 21.2. The molecule has 1 N–H and O–H groups in total. The Hall–Kier alpha value is -1.08. The molecule has 0 atom stereocenters. The first-order chi connectivity index (χ1) is 8.99. The molecule has 1 aromatic rings. The molecule has 3 heterocycles. The highest BCUT2D eigenvalue weighted by Crippen LogP contribution is 2.36. The SMILES string of the molecule is Cl.FC(F)(F)c1cnc(N2CCC3(CC2)CNC3)cn1. The summed E-state index contributed by atoms with van der Waals surface area (Å²) < 4.78 is 37.2. The molecule has 0 amide bonds. The van der Waals surface area contributed by atoms with Crippen LogP contribution in [0.1, 0.15) is 18.5 Å². The third-order valence-electron chi connectivity index (χ3n) is 4.08. The summed E-state index contributed by atoms with van der Waals surface area (Å²) in [6.07, 6.45) is -0.273. The summed E-state index contributed by atoms with van der Waals surface area (Å²) in [5.41, 5.74) is -0.525. The minimum atomic E-state index is -4.42. The summed E-state index contributed by atoms with van der Waals surface area (Å²) >= 11 is 0. The van der Waals surface area contributed by atoms with Crippen LogP contribution in [-0.2, 0) is 6.18 Å². The number of alkyl halides is 3. The van der Waals surface area contributed by atoms with Gasteiger partial charge in [0.2, 0.25) is 0 Å². The van der Waals surface area contributed by atoms with Crippen molar-refractivity contribution >= 4 is 18.2 Å². The summed E-state index contributed by atoms with van der Waals surface area (Å²) in [7, 11) is 0. The molecule has 1 spiro atoms. The van der Waals surface area contributed by atoms with Gasteiger partial charge in [-0.05, 0) is 18.3 Å². The molecule has 0 saturated carbocycles. The van der Waals surface area contributed by atoms with Crippen molar-refractivity contribution in [2.45, 2.75) is 19.0 Å². The van der Waals surface area contributed by atoms with E-state index in [1.54, 1.807) is 0 Å². The number of halogens is 4. The highest BCUT2D eigenvalue weighted by Gasteiger charge is 2.40. The van der Waals surface area contributed by atoms with Gasteiger partial charge in [-0.1, -0.05) is 0 Å². The Labute approximate surface area is 121 Å². The minimum absolute atomic E-state index is 0. The van der Waals surface area contributed by atoms with E-state index in [9.17, 15) is 13.2 Å². The summed E-state index contributed by atoms with van der Waals surface area (Å²) in [5, 5.41) is 3.28. The van der Waals surface area contributed by atoms with E-state index in [4.69, 9.17) is 0 Å². The van der Waals surface area contributed by atoms with E-state index in [0.29, 0.717) is 11.2 Å². The van der Waals surface area contributed by atoms with Crippen molar-refractivity contribution in [2.24, 2.45) is 5.41 Å². The van der Waals surface area contributed by atoms with Crippen LogP contribution in [0.2, 0.25) is 0 Å². The maximum absolute atomic E-state index is 12.4. The molecule has 0 unspecified atom stereocenters. The van der Waals surface area contributed by atoms with Crippen molar-refractivity contribution in [3.63, 3.8) is 0 Å². The van der Waals surface area contributed by atoms with Crippen molar-refractivity contribution in [1.29, 1.82) is 0 Å². The Bertz CT molecular complexity index is 449.